The number of nitrogens with two attached hydrogens (primary N) is 3. The molecule has 2 heterocycles. The van der Waals surface area contributed by atoms with Crippen molar-refractivity contribution in [1.29, 1.82) is 0 Å². The molecule has 18 nitrogen and oxygen atoms in total. The molecule has 0 spiro atoms. The van der Waals surface area contributed by atoms with Gasteiger partial charge in [0.15, 0.2) is 17.3 Å². The fourth-order valence-electron chi connectivity index (χ4n) is 7.21. The first-order valence-electron chi connectivity index (χ1n) is 21.0. The number of aromatic nitrogens is 2. The number of rotatable bonds is 14. The Hall–Kier alpha value is -6.79. The maximum atomic E-state index is 14.4. The highest BCUT2D eigenvalue weighted by atomic mass is 16.5. The summed E-state index contributed by atoms with van der Waals surface area (Å²) >= 11 is 0. The molecule has 3 atom stereocenters. The van der Waals surface area contributed by atoms with E-state index in [9.17, 15) is 34.2 Å². The zero-order chi connectivity index (χ0) is 47.0. The fraction of sp³-hybridized carbons (Fsp3) is 0.413. The molecule has 4 bridgehead atoms. The summed E-state index contributed by atoms with van der Waals surface area (Å²) in [6.45, 7) is 11.6. The van der Waals surface area contributed by atoms with Gasteiger partial charge in [-0.15, -0.1) is 0 Å². The van der Waals surface area contributed by atoms with Crippen LogP contribution >= 0.6 is 0 Å². The largest absolute Gasteiger partial charge is 0.504 e. The van der Waals surface area contributed by atoms with E-state index in [1.807, 2.05) is 19.1 Å². The average Bonchev–Trinajstić information content (AvgIpc) is 3.22. The van der Waals surface area contributed by atoms with Crippen molar-refractivity contribution in [1.82, 2.24) is 30.8 Å². The second kappa shape index (κ2) is 20.6. The minimum Gasteiger partial charge on any atom is -0.504 e. The van der Waals surface area contributed by atoms with Gasteiger partial charge in [0, 0.05) is 30.2 Å². The van der Waals surface area contributed by atoms with Crippen LogP contribution in [0.2, 0.25) is 0 Å². The highest BCUT2D eigenvalue weighted by molar-refractivity contribution is 6.02. The van der Waals surface area contributed by atoms with E-state index in [4.69, 9.17) is 26.7 Å². The molecular formula is C46H59N9O9. The second-order valence-corrected chi connectivity index (χ2v) is 16.8. The van der Waals surface area contributed by atoms with Gasteiger partial charge in [0.2, 0.25) is 17.7 Å². The quantitative estimate of drug-likeness (QED) is 0.0846. The van der Waals surface area contributed by atoms with E-state index < -0.39 is 54.3 Å². The number of benzene rings is 3. The third kappa shape index (κ3) is 11.2. The number of amides is 4. The molecule has 18 heteroatoms. The number of hydrogen-bond acceptors (Lipinski definition) is 13. The lowest BCUT2D eigenvalue weighted by Gasteiger charge is -2.30. The molecule has 0 unspecified atom stereocenters. The van der Waals surface area contributed by atoms with Gasteiger partial charge in [0.05, 0.1) is 25.5 Å². The number of ether oxygens (including phenoxy) is 2. The molecule has 0 aliphatic carbocycles. The van der Waals surface area contributed by atoms with Crippen molar-refractivity contribution < 1.29 is 43.7 Å². The summed E-state index contributed by atoms with van der Waals surface area (Å²) in [6, 6.07) is 9.53. The second-order valence-electron chi connectivity index (χ2n) is 16.8. The number of carbonyl (C=O) groups excluding carboxylic acids is 4. The number of fused-ring (bicyclic) bond motifs is 5. The van der Waals surface area contributed by atoms with E-state index in [2.05, 4.69) is 52.8 Å². The summed E-state index contributed by atoms with van der Waals surface area (Å²) in [5.41, 5.74) is 21.8. The Morgan fingerprint density at radius 3 is 2.17 bits per heavy atom. The van der Waals surface area contributed by atoms with Gasteiger partial charge in [-0.25, -0.2) is 14.8 Å². The minimum absolute atomic E-state index is 0.0347. The molecule has 1 aliphatic heterocycles. The molecule has 1 aromatic heterocycles. The van der Waals surface area contributed by atoms with E-state index in [1.165, 1.54) is 26.1 Å². The van der Waals surface area contributed by atoms with Crippen LogP contribution in [0.25, 0.3) is 22.5 Å². The molecule has 0 saturated carbocycles. The van der Waals surface area contributed by atoms with E-state index >= 15 is 0 Å². The first-order valence-corrected chi connectivity index (χ1v) is 21.0. The Labute approximate surface area is 372 Å². The molecule has 0 fully saturated rings. The van der Waals surface area contributed by atoms with Gasteiger partial charge in [-0.05, 0) is 98.6 Å². The third-order valence-corrected chi connectivity index (χ3v) is 10.9. The molecule has 4 amide bonds. The number of anilines is 1. The summed E-state index contributed by atoms with van der Waals surface area (Å²) < 4.78 is 12.1. The van der Waals surface area contributed by atoms with Gasteiger partial charge in [-0.1, -0.05) is 45.0 Å². The van der Waals surface area contributed by atoms with E-state index in [1.54, 1.807) is 25.1 Å². The number of likely N-dealkylation sites (N-methyl/N-ethyl adjacent to an activating group) is 1. The smallest absolute Gasteiger partial charge is 0.326 e. The SMILES string of the molecule is Cc1cc(C(C)(C)C)ccc1-c1nc(C)c(C(=O)NCC(=O)N(C)[C@@H]2C(=O)N[C@@H](C)C(=O)N[C@H](C(=O)O)Cc3ccc(OCCCN)c(c3)-c3cc2cc(OCCCN)c3O)c(N)n1. The van der Waals surface area contributed by atoms with Gasteiger partial charge >= 0.3 is 5.97 Å². The number of aliphatic carboxylic acids is 1. The van der Waals surface area contributed by atoms with Crippen LogP contribution < -0.4 is 42.6 Å². The summed E-state index contributed by atoms with van der Waals surface area (Å²) in [4.78, 5) is 78.1. The standard InChI is InChI=1S/C46H59N9O9/c1-24-18-29(46(4,5)6)11-12-30(24)41-51-25(2)37(40(49)54-41)43(59)50-23-36(56)55(7)38-28-21-32(39(57)35(22-28)64-17-9-15-48)31-19-27(10-13-34(31)63-16-8-14-47)20-33(45(61)62)53-42(58)26(3)52-44(38)60/h10-13,18-19,21-22,26,33,38,57H,8-9,14-17,20,23,47-48H2,1-7H3,(H,50,59)(H,52,60)(H,53,58)(H,61,62)(H2,49,51,54)/t26-,33-,38-/m0/s1. The molecule has 0 radical (unpaired) electrons. The van der Waals surface area contributed by atoms with Gasteiger partial charge in [0.1, 0.15) is 35.3 Å². The van der Waals surface area contributed by atoms with Crippen LogP contribution in [0.15, 0.2) is 48.5 Å². The first kappa shape index (κ1) is 48.2. The van der Waals surface area contributed by atoms with Crippen molar-refractivity contribution in [2.24, 2.45) is 11.5 Å². The van der Waals surface area contributed by atoms with Crippen LogP contribution in [-0.4, -0.2) is 107 Å². The Bertz CT molecular complexity index is 2390. The Balaban J connectivity index is 1.54. The van der Waals surface area contributed by atoms with Crippen molar-refractivity contribution in [2.75, 3.05) is 45.6 Å². The number of phenols is 1. The van der Waals surface area contributed by atoms with Crippen LogP contribution in [0.1, 0.15) is 84.9 Å². The van der Waals surface area contributed by atoms with Crippen LogP contribution in [-0.2, 0) is 31.0 Å². The van der Waals surface area contributed by atoms with Crippen molar-refractivity contribution in [2.45, 2.75) is 84.3 Å². The number of nitrogens with zero attached hydrogens (tertiary/aromatic N) is 3. The molecule has 0 saturated heterocycles. The Morgan fingerprint density at radius 1 is 0.891 bits per heavy atom. The van der Waals surface area contributed by atoms with Crippen LogP contribution in [0.5, 0.6) is 17.2 Å². The number of carbonyl (C=O) groups is 5. The summed E-state index contributed by atoms with van der Waals surface area (Å²) in [5.74, 6) is -4.30. The lowest BCUT2D eigenvalue weighted by atomic mass is 9.85. The zero-order valence-corrected chi connectivity index (χ0v) is 37.3. The number of hydrogen-bond donors (Lipinski definition) is 8. The van der Waals surface area contributed by atoms with Crippen LogP contribution in [0, 0.1) is 13.8 Å². The number of aromatic hydroxyl groups is 1. The van der Waals surface area contributed by atoms with E-state index in [0.29, 0.717) is 42.1 Å². The molecular weight excluding hydrogens is 823 g/mol. The number of nitrogens with one attached hydrogen (secondary N) is 3. The summed E-state index contributed by atoms with van der Waals surface area (Å²) in [7, 11) is 1.33. The number of phenolic OH excluding ortho intramolecular Hbond substituents is 1. The van der Waals surface area contributed by atoms with Gasteiger partial charge in [-0.3, -0.25) is 19.2 Å². The minimum atomic E-state index is -1.51. The van der Waals surface area contributed by atoms with Crippen molar-refractivity contribution in [3.05, 3.63) is 82.0 Å². The van der Waals surface area contributed by atoms with Crippen molar-refractivity contribution in [3.63, 3.8) is 0 Å². The number of nitrogen functional groups attached to an aromatic ring is 1. The summed E-state index contributed by atoms with van der Waals surface area (Å²) in [6.07, 6.45) is 0.749. The lowest BCUT2D eigenvalue weighted by molar-refractivity contribution is -0.142. The van der Waals surface area contributed by atoms with E-state index in [-0.39, 0.29) is 71.3 Å². The highest BCUT2D eigenvalue weighted by Crippen LogP contribution is 2.45. The topological polar surface area (TPSA) is 287 Å². The Kier molecular flexibility index (Phi) is 15.5. The predicted molar refractivity (Wildman–Crippen MR) is 241 cm³/mol. The molecule has 3 aromatic carbocycles. The number of aryl methyl sites for hydroxylation is 2. The van der Waals surface area contributed by atoms with Crippen LogP contribution in [0.4, 0.5) is 5.82 Å². The number of carboxylic acids is 1. The Morgan fingerprint density at radius 2 is 1.56 bits per heavy atom. The van der Waals surface area contributed by atoms with Crippen LogP contribution in [0.3, 0.4) is 0 Å². The molecule has 4 aromatic rings. The monoisotopic (exact) mass is 881 g/mol. The van der Waals surface area contributed by atoms with Gasteiger partial charge in [0.25, 0.3) is 5.91 Å². The zero-order valence-electron chi connectivity index (χ0n) is 37.3. The maximum absolute atomic E-state index is 14.4. The fourth-order valence-corrected chi connectivity index (χ4v) is 7.21. The predicted octanol–water partition coefficient (Wildman–Crippen LogP) is 3.03. The highest BCUT2D eigenvalue weighted by Gasteiger charge is 2.34. The van der Waals surface area contributed by atoms with Gasteiger partial charge in [-0.2, -0.15) is 0 Å². The molecule has 64 heavy (non-hydrogen) atoms. The number of carboxylic acid groups (broad SMARTS) is 1. The average molecular weight is 882 g/mol. The third-order valence-electron chi connectivity index (χ3n) is 10.9. The summed E-state index contributed by atoms with van der Waals surface area (Å²) in [5, 5.41) is 29.5. The van der Waals surface area contributed by atoms with Gasteiger partial charge < -0.3 is 57.7 Å². The normalized spacial score (nSPS) is 16.5. The molecule has 11 N–H and O–H groups in total. The molecule has 342 valence electrons. The first-order chi connectivity index (χ1) is 30.2. The van der Waals surface area contributed by atoms with Crippen molar-refractivity contribution >= 4 is 35.4 Å². The van der Waals surface area contributed by atoms with Crippen molar-refractivity contribution in [3.8, 4) is 39.8 Å². The molecule has 5 rings (SSSR count). The maximum Gasteiger partial charge on any atom is 0.326 e. The lowest BCUT2D eigenvalue weighted by Crippen LogP contribution is -2.53. The van der Waals surface area contributed by atoms with E-state index in [0.717, 1.165) is 21.6 Å². The molecule has 1 aliphatic rings.